The van der Waals surface area contributed by atoms with Crippen LogP contribution in [0.1, 0.15) is 39.0 Å². The molecule has 3 rings (SSSR count). The maximum atomic E-state index is 6.30. The molecular formula is C16H21N3. The maximum absolute atomic E-state index is 6.30. The zero-order valence-corrected chi connectivity index (χ0v) is 11.4. The van der Waals surface area contributed by atoms with Crippen LogP contribution in [0.3, 0.4) is 0 Å². The van der Waals surface area contributed by atoms with Gasteiger partial charge in [-0.1, -0.05) is 25.3 Å². The summed E-state index contributed by atoms with van der Waals surface area (Å²) in [4.78, 5) is 4.14. The Balaban J connectivity index is 1.94. The minimum Gasteiger partial charge on any atom is -0.397 e. The maximum Gasteiger partial charge on any atom is 0.0630 e. The number of anilines is 2. The molecule has 1 aromatic heterocycles. The Hall–Kier alpha value is -1.77. The van der Waals surface area contributed by atoms with E-state index in [4.69, 9.17) is 5.73 Å². The molecule has 2 aromatic rings. The molecule has 3 heteroatoms. The summed E-state index contributed by atoms with van der Waals surface area (Å²) >= 11 is 0. The van der Waals surface area contributed by atoms with Crippen LogP contribution >= 0.6 is 0 Å². The van der Waals surface area contributed by atoms with E-state index in [1.165, 1.54) is 32.1 Å². The number of aromatic nitrogens is 1. The molecular weight excluding hydrogens is 234 g/mol. The largest absolute Gasteiger partial charge is 0.397 e. The summed E-state index contributed by atoms with van der Waals surface area (Å²) in [5.41, 5.74) is 8.39. The minimum absolute atomic E-state index is 0.188. The Morgan fingerprint density at radius 3 is 2.74 bits per heavy atom. The number of nitrogens with zero attached hydrogens (tertiary/aromatic N) is 1. The Morgan fingerprint density at radius 1 is 1.16 bits per heavy atom. The first-order valence-corrected chi connectivity index (χ1v) is 7.08. The van der Waals surface area contributed by atoms with Crippen LogP contribution in [0.25, 0.3) is 10.8 Å². The Labute approximate surface area is 114 Å². The number of nitrogens with one attached hydrogen (secondary N) is 1. The fraction of sp³-hybridized carbons (Fsp3) is 0.438. The van der Waals surface area contributed by atoms with Crippen molar-refractivity contribution in [2.45, 2.75) is 44.6 Å². The molecule has 0 aliphatic heterocycles. The van der Waals surface area contributed by atoms with E-state index >= 15 is 0 Å². The first-order valence-electron chi connectivity index (χ1n) is 7.08. The fourth-order valence-corrected chi connectivity index (χ4v) is 3.08. The van der Waals surface area contributed by atoms with Gasteiger partial charge in [0.2, 0.25) is 0 Å². The van der Waals surface area contributed by atoms with Crippen LogP contribution < -0.4 is 11.1 Å². The summed E-state index contributed by atoms with van der Waals surface area (Å²) in [6, 6.07) is 6.16. The van der Waals surface area contributed by atoms with E-state index in [0.29, 0.717) is 0 Å². The van der Waals surface area contributed by atoms with Gasteiger partial charge in [-0.2, -0.15) is 0 Å². The van der Waals surface area contributed by atoms with E-state index < -0.39 is 0 Å². The van der Waals surface area contributed by atoms with Crippen LogP contribution in [0, 0.1) is 0 Å². The van der Waals surface area contributed by atoms with E-state index in [1.54, 1.807) is 6.20 Å². The van der Waals surface area contributed by atoms with Gasteiger partial charge in [-0.05, 0) is 31.9 Å². The summed E-state index contributed by atoms with van der Waals surface area (Å²) < 4.78 is 0. The van der Waals surface area contributed by atoms with Gasteiger partial charge in [0.05, 0.1) is 11.4 Å². The van der Waals surface area contributed by atoms with Gasteiger partial charge in [-0.3, -0.25) is 4.98 Å². The van der Waals surface area contributed by atoms with Crippen molar-refractivity contribution < 1.29 is 0 Å². The third-order valence-corrected chi connectivity index (χ3v) is 4.26. The van der Waals surface area contributed by atoms with Crippen LogP contribution in [-0.2, 0) is 0 Å². The lowest BCUT2D eigenvalue weighted by Crippen LogP contribution is -2.37. The van der Waals surface area contributed by atoms with Crippen molar-refractivity contribution in [2.24, 2.45) is 0 Å². The molecule has 19 heavy (non-hydrogen) atoms. The standard InChI is InChI=1S/C16H21N3/c1-16(8-3-2-4-9-16)19-14-6-5-12-11-18-10-7-13(12)15(14)17/h5-7,10-11,19H,2-4,8-9,17H2,1H3. The lowest BCUT2D eigenvalue weighted by molar-refractivity contribution is 0.349. The normalized spacial score (nSPS) is 18.4. The van der Waals surface area contributed by atoms with Gasteiger partial charge < -0.3 is 11.1 Å². The average Bonchev–Trinajstić information content (AvgIpc) is 2.43. The number of hydrogen-bond donors (Lipinski definition) is 2. The Bertz CT molecular complexity index is 586. The predicted molar refractivity (Wildman–Crippen MR) is 81.3 cm³/mol. The summed E-state index contributed by atoms with van der Waals surface area (Å²) in [7, 11) is 0. The zero-order valence-electron chi connectivity index (χ0n) is 11.4. The van der Waals surface area contributed by atoms with Crippen LogP contribution in [0.5, 0.6) is 0 Å². The molecule has 0 saturated heterocycles. The van der Waals surface area contributed by atoms with E-state index in [-0.39, 0.29) is 5.54 Å². The van der Waals surface area contributed by atoms with E-state index in [0.717, 1.165) is 22.1 Å². The first-order chi connectivity index (χ1) is 9.18. The van der Waals surface area contributed by atoms with Gasteiger partial charge in [0.25, 0.3) is 0 Å². The molecule has 1 aliphatic rings. The summed E-state index contributed by atoms with van der Waals surface area (Å²) in [5, 5.41) is 5.85. The highest BCUT2D eigenvalue weighted by molar-refractivity contribution is 5.98. The van der Waals surface area contributed by atoms with Crippen molar-refractivity contribution in [1.82, 2.24) is 4.98 Å². The molecule has 1 aromatic carbocycles. The highest BCUT2D eigenvalue weighted by Gasteiger charge is 2.27. The molecule has 3 nitrogen and oxygen atoms in total. The van der Waals surface area contributed by atoms with Crippen molar-refractivity contribution in [3.05, 3.63) is 30.6 Å². The van der Waals surface area contributed by atoms with Crippen LogP contribution in [0.15, 0.2) is 30.6 Å². The van der Waals surface area contributed by atoms with Gasteiger partial charge >= 0.3 is 0 Å². The molecule has 0 bridgehead atoms. The highest BCUT2D eigenvalue weighted by atomic mass is 15.0. The van der Waals surface area contributed by atoms with Crippen LogP contribution in [0.4, 0.5) is 11.4 Å². The topological polar surface area (TPSA) is 50.9 Å². The lowest BCUT2D eigenvalue weighted by Gasteiger charge is -2.36. The molecule has 0 spiro atoms. The quantitative estimate of drug-likeness (QED) is 0.799. The van der Waals surface area contributed by atoms with Crippen molar-refractivity contribution in [3.63, 3.8) is 0 Å². The second-order valence-electron chi connectivity index (χ2n) is 5.87. The number of hydrogen-bond acceptors (Lipinski definition) is 3. The number of rotatable bonds is 2. The monoisotopic (exact) mass is 255 g/mol. The average molecular weight is 255 g/mol. The van der Waals surface area contributed by atoms with Crippen molar-refractivity contribution >= 4 is 22.1 Å². The third kappa shape index (κ3) is 2.37. The Kier molecular flexibility index (Phi) is 3.05. The highest BCUT2D eigenvalue weighted by Crippen LogP contribution is 2.35. The van der Waals surface area contributed by atoms with Crippen LogP contribution in [0.2, 0.25) is 0 Å². The molecule has 1 aliphatic carbocycles. The zero-order chi connectivity index (χ0) is 13.3. The molecule has 0 atom stereocenters. The molecule has 3 N–H and O–H groups in total. The second-order valence-corrected chi connectivity index (χ2v) is 5.87. The molecule has 1 heterocycles. The number of nitrogens with two attached hydrogens (primary N) is 1. The molecule has 0 unspecified atom stereocenters. The van der Waals surface area contributed by atoms with E-state index in [1.807, 2.05) is 12.3 Å². The molecule has 0 amide bonds. The van der Waals surface area contributed by atoms with Gasteiger partial charge in [0.1, 0.15) is 0 Å². The van der Waals surface area contributed by atoms with Crippen molar-refractivity contribution in [2.75, 3.05) is 11.1 Å². The Morgan fingerprint density at radius 2 is 1.95 bits per heavy atom. The van der Waals surface area contributed by atoms with E-state index in [2.05, 4.69) is 29.4 Å². The number of benzene rings is 1. The number of nitrogen functional groups attached to an aromatic ring is 1. The lowest BCUT2D eigenvalue weighted by atomic mass is 9.83. The van der Waals surface area contributed by atoms with Gasteiger partial charge in [-0.15, -0.1) is 0 Å². The first kappa shape index (κ1) is 12.3. The number of fused-ring (bicyclic) bond motifs is 1. The predicted octanol–water partition coefficient (Wildman–Crippen LogP) is 3.95. The molecule has 1 saturated carbocycles. The second kappa shape index (κ2) is 4.72. The molecule has 0 radical (unpaired) electrons. The van der Waals surface area contributed by atoms with Crippen LogP contribution in [-0.4, -0.2) is 10.5 Å². The number of pyridine rings is 1. The summed E-state index contributed by atoms with van der Waals surface area (Å²) in [6.07, 6.45) is 10.1. The van der Waals surface area contributed by atoms with Crippen molar-refractivity contribution in [3.8, 4) is 0 Å². The summed E-state index contributed by atoms with van der Waals surface area (Å²) in [5.74, 6) is 0. The molecule has 100 valence electrons. The summed E-state index contributed by atoms with van der Waals surface area (Å²) in [6.45, 7) is 2.31. The van der Waals surface area contributed by atoms with Crippen molar-refractivity contribution in [1.29, 1.82) is 0 Å². The fourth-order valence-electron chi connectivity index (χ4n) is 3.08. The molecule has 1 fully saturated rings. The third-order valence-electron chi connectivity index (χ3n) is 4.26. The van der Waals surface area contributed by atoms with Gasteiger partial charge in [0, 0.05) is 28.7 Å². The minimum atomic E-state index is 0.188. The van der Waals surface area contributed by atoms with Gasteiger partial charge in [-0.25, -0.2) is 0 Å². The smallest absolute Gasteiger partial charge is 0.0630 e. The van der Waals surface area contributed by atoms with Gasteiger partial charge in [0.15, 0.2) is 0 Å². The SMILES string of the molecule is CC1(Nc2ccc3cnccc3c2N)CCCCC1. The van der Waals surface area contributed by atoms with E-state index in [9.17, 15) is 0 Å².